The Balaban J connectivity index is 2.66. The van der Waals surface area contributed by atoms with E-state index in [2.05, 4.69) is 4.72 Å². The zero-order chi connectivity index (χ0) is 13.6. The standard InChI is InChI=1S/C13H21NO3S/c1-11-6-7-12(2)13(10-11)18(16,17)14-8-4-3-5-9-15/h6-7,10,14-15H,3-5,8-9H2,1-2H3. The minimum Gasteiger partial charge on any atom is -0.396 e. The summed E-state index contributed by atoms with van der Waals surface area (Å²) >= 11 is 0. The van der Waals surface area contributed by atoms with Crippen LogP contribution in [-0.2, 0) is 10.0 Å². The minimum absolute atomic E-state index is 0.156. The molecule has 4 nitrogen and oxygen atoms in total. The molecule has 18 heavy (non-hydrogen) atoms. The normalized spacial score (nSPS) is 11.7. The van der Waals surface area contributed by atoms with E-state index in [1.165, 1.54) is 0 Å². The van der Waals surface area contributed by atoms with Crippen molar-refractivity contribution in [3.05, 3.63) is 29.3 Å². The maximum absolute atomic E-state index is 12.1. The molecule has 1 aromatic rings. The highest BCUT2D eigenvalue weighted by molar-refractivity contribution is 7.89. The molecule has 0 fully saturated rings. The van der Waals surface area contributed by atoms with Crippen molar-refractivity contribution in [3.63, 3.8) is 0 Å². The highest BCUT2D eigenvalue weighted by Crippen LogP contribution is 2.16. The molecule has 0 heterocycles. The van der Waals surface area contributed by atoms with Gasteiger partial charge >= 0.3 is 0 Å². The third-order valence-corrected chi connectivity index (χ3v) is 4.36. The number of hydrogen-bond donors (Lipinski definition) is 2. The number of aliphatic hydroxyl groups is 1. The first kappa shape index (κ1) is 15.1. The summed E-state index contributed by atoms with van der Waals surface area (Å²) in [5.41, 5.74) is 1.68. The molecule has 0 unspecified atom stereocenters. The molecule has 0 amide bonds. The van der Waals surface area contributed by atoms with E-state index in [-0.39, 0.29) is 6.61 Å². The molecule has 0 aliphatic carbocycles. The molecule has 1 rings (SSSR count). The zero-order valence-corrected chi connectivity index (χ0v) is 11.8. The van der Waals surface area contributed by atoms with Crippen molar-refractivity contribution in [2.45, 2.75) is 38.0 Å². The third-order valence-electron chi connectivity index (χ3n) is 2.76. The van der Waals surface area contributed by atoms with Crippen LogP contribution in [0.25, 0.3) is 0 Å². The number of unbranched alkanes of at least 4 members (excludes halogenated alkanes) is 2. The Labute approximate surface area is 109 Å². The Bertz CT molecular complexity index is 483. The predicted molar refractivity (Wildman–Crippen MR) is 72.0 cm³/mol. The number of rotatable bonds is 7. The van der Waals surface area contributed by atoms with Crippen molar-refractivity contribution in [2.75, 3.05) is 13.2 Å². The van der Waals surface area contributed by atoms with Crippen LogP contribution in [0.3, 0.4) is 0 Å². The van der Waals surface area contributed by atoms with Gasteiger partial charge in [-0.2, -0.15) is 0 Å². The maximum atomic E-state index is 12.1. The molecule has 0 saturated carbocycles. The van der Waals surface area contributed by atoms with Crippen LogP contribution in [0.2, 0.25) is 0 Å². The highest BCUT2D eigenvalue weighted by atomic mass is 32.2. The van der Waals surface area contributed by atoms with Gasteiger partial charge in [0.2, 0.25) is 10.0 Å². The first-order chi connectivity index (χ1) is 8.47. The first-order valence-electron chi connectivity index (χ1n) is 6.15. The van der Waals surface area contributed by atoms with Gasteiger partial charge in [-0.1, -0.05) is 12.1 Å². The van der Waals surface area contributed by atoms with Crippen molar-refractivity contribution in [2.24, 2.45) is 0 Å². The third kappa shape index (κ3) is 4.40. The van der Waals surface area contributed by atoms with E-state index in [0.717, 1.165) is 24.0 Å². The van der Waals surface area contributed by atoms with Gasteiger partial charge in [0.15, 0.2) is 0 Å². The average Bonchev–Trinajstić information content (AvgIpc) is 2.32. The molecule has 102 valence electrons. The van der Waals surface area contributed by atoms with Gasteiger partial charge in [0, 0.05) is 13.2 Å². The lowest BCUT2D eigenvalue weighted by molar-refractivity contribution is 0.283. The first-order valence-corrected chi connectivity index (χ1v) is 7.63. The monoisotopic (exact) mass is 271 g/mol. The van der Waals surface area contributed by atoms with Crippen LogP contribution >= 0.6 is 0 Å². The second kappa shape index (κ2) is 6.87. The Morgan fingerprint density at radius 2 is 1.89 bits per heavy atom. The summed E-state index contributed by atoms with van der Waals surface area (Å²) in [5.74, 6) is 0. The van der Waals surface area contributed by atoms with E-state index in [0.29, 0.717) is 17.9 Å². The smallest absolute Gasteiger partial charge is 0.240 e. The van der Waals surface area contributed by atoms with Gasteiger partial charge in [0.1, 0.15) is 0 Å². The van der Waals surface area contributed by atoms with Gasteiger partial charge in [0.05, 0.1) is 4.90 Å². The number of aryl methyl sites for hydroxylation is 2. The van der Waals surface area contributed by atoms with Crippen molar-refractivity contribution in [1.29, 1.82) is 0 Å². The molecule has 0 atom stereocenters. The Hall–Kier alpha value is -0.910. The summed E-state index contributed by atoms with van der Waals surface area (Å²) in [6.45, 7) is 4.24. The fourth-order valence-electron chi connectivity index (χ4n) is 1.69. The molecule has 0 aliphatic heterocycles. The summed E-state index contributed by atoms with van der Waals surface area (Å²) in [7, 11) is -3.41. The number of aliphatic hydroxyl groups excluding tert-OH is 1. The fourth-order valence-corrected chi connectivity index (χ4v) is 3.10. The van der Waals surface area contributed by atoms with E-state index in [1.54, 1.807) is 13.0 Å². The van der Waals surface area contributed by atoms with Crippen LogP contribution in [0, 0.1) is 13.8 Å². The molecule has 1 aromatic carbocycles. The van der Waals surface area contributed by atoms with E-state index in [9.17, 15) is 8.42 Å². The van der Waals surface area contributed by atoms with E-state index in [1.807, 2.05) is 19.1 Å². The summed E-state index contributed by atoms with van der Waals surface area (Å²) in [6.07, 6.45) is 2.28. The predicted octanol–water partition coefficient (Wildman–Crippen LogP) is 1.74. The maximum Gasteiger partial charge on any atom is 0.240 e. The van der Waals surface area contributed by atoms with Gasteiger partial charge in [-0.3, -0.25) is 0 Å². The largest absolute Gasteiger partial charge is 0.396 e. The lowest BCUT2D eigenvalue weighted by Crippen LogP contribution is -2.25. The molecule has 2 N–H and O–H groups in total. The molecular weight excluding hydrogens is 250 g/mol. The van der Waals surface area contributed by atoms with E-state index >= 15 is 0 Å². The lowest BCUT2D eigenvalue weighted by Gasteiger charge is -2.10. The Kier molecular flexibility index (Phi) is 5.78. The number of sulfonamides is 1. The fraction of sp³-hybridized carbons (Fsp3) is 0.538. The van der Waals surface area contributed by atoms with Crippen LogP contribution in [-0.4, -0.2) is 26.7 Å². The molecule has 0 saturated heterocycles. The molecule has 5 heteroatoms. The van der Waals surface area contributed by atoms with Crippen molar-refractivity contribution >= 4 is 10.0 Å². The van der Waals surface area contributed by atoms with E-state index < -0.39 is 10.0 Å². The van der Waals surface area contributed by atoms with Crippen molar-refractivity contribution in [3.8, 4) is 0 Å². The number of nitrogens with one attached hydrogen (secondary N) is 1. The van der Waals surface area contributed by atoms with Gasteiger partial charge in [-0.05, 0) is 50.3 Å². The molecule has 0 aliphatic rings. The Morgan fingerprint density at radius 3 is 2.56 bits per heavy atom. The topological polar surface area (TPSA) is 66.4 Å². The second-order valence-corrected chi connectivity index (χ2v) is 6.19. The van der Waals surface area contributed by atoms with Crippen LogP contribution in [0.5, 0.6) is 0 Å². The minimum atomic E-state index is -3.41. The van der Waals surface area contributed by atoms with Gasteiger partial charge in [-0.15, -0.1) is 0 Å². The molecule has 0 aromatic heterocycles. The van der Waals surface area contributed by atoms with Crippen molar-refractivity contribution < 1.29 is 13.5 Å². The SMILES string of the molecule is Cc1ccc(C)c(S(=O)(=O)NCCCCCO)c1. The van der Waals surface area contributed by atoms with Crippen LogP contribution in [0.15, 0.2) is 23.1 Å². The van der Waals surface area contributed by atoms with Crippen LogP contribution < -0.4 is 4.72 Å². The number of hydrogen-bond acceptors (Lipinski definition) is 3. The number of benzene rings is 1. The van der Waals surface area contributed by atoms with Gasteiger partial charge in [-0.25, -0.2) is 13.1 Å². The highest BCUT2D eigenvalue weighted by Gasteiger charge is 2.15. The quantitative estimate of drug-likeness (QED) is 0.742. The molecule has 0 radical (unpaired) electrons. The second-order valence-electron chi connectivity index (χ2n) is 4.45. The average molecular weight is 271 g/mol. The van der Waals surface area contributed by atoms with Crippen molar-refractivity contribution in [1.82, 2.24) is 4.72 Å². The molecule has 0 bridgehead atoms. The van der Waals surface area contributed by atoms with Gasteiger partial charge in [0.25, 0.3) is 0 Å². The molecule has 0 spiro atoms. The van der Waals surface area contributed by atoms with Crippen LogP contribution in [0.1, 0.15) is 30.4 Å². The van der Waals surface area contributed by atoms with Crippen LogP contribution in [0.4, 0.5) is 0 Å². The Morgan fingerprint density at radius 1 is 1.17 bits per heavy atom. The van der Waals surface area contributed by atoms with E-state index in [4.69, 9.17) is 5.11 Å². The zero-order valence-electron chi connectivity index (χ0n) is 10.9. The summed E-state index contributed by atoms with van der Waals surface area (Å²) in [5, 5.41) is 8.63. The van der Waals surface area contributed by atoms with Gasteiger partial charge < -0.3 is 5.11 Å². The summed E-state index contributed by atoms with van der Waals surface area (Å²) < 4.78 is 26.7. The summed E-state index contributed by atoms with van der Waals surface area (Å²) in [6, 6.07) is 5.40. The summed E-state index contributed by atoms with van der Waals surface area (Å²) in [4.78, 5) is 0.352. The lowest BCUT2D eigenvalue weighted by atomic mass is 10.2. The molecular formula is C13H21NO3S.